The van der Waals surface area contributed by atoms with Crippen molar-refractivity contribution < 1.29 is 4.92 Å². The van der Waals surface area contributed by atoms with E-state index in [0.717, 1.165) is 25.5 Å². The Bertz CT molecular complexity index is 554. The minimum atomic E-state index is -0.348. The maximum Gasteiger partial charge on any atom is 0.274 e. The van der Waals surface area contributed by atoms with Gasteiger partial charge in [0.15, 0.2) is 5.96 Å². The molecule has 2 rings (SSSR count). The van der Waals surface area contributed by atoms with Crippen molar-refractivity contribution >= 4 is 11.6 Å². The smallest absolute Gasteiger partial charge is 0.274 e. The third-order valence-electron chi connectivity index (χ3n) is 3.81. The first-order valence-electron chi connectivity index (χ1n) is 7.11. The van der Waals surface area contributed by atoms with E-state index < -0.39 is 0 Å². The number of nitro benzene ring substituents is 1. The summed E-state index contributed by atoms with van der Waals surface area (Å²) in [6.07, 6.45) is 1.12. The average Bonchev–Trinajstić information content (AvgIpc) is 2.80. The Morgan fingerprint density at radius 1 is 1.48 bits per heavy atom. The van der Waals surface area contributed by atoms with E-state index in [1.54, 1.807) is 19.2 Å². The van der Waals surface area contributed by atoms with Crippen LogP contribution in [0, 0.1) is 15.5 Å². The molecule has 6 nitrogen and oxygen atoms in total. The molecule has 0 aromatic heterocycles. The summed E-state index contributed by atoms with van der Waals surface area (Å²) in [7, 11) is 1.74. The van der Waals surface area contributed by atoms with Crippen LogP contribution in [-0.2, 0) is 6.54 Å². The molecule has 1 aromatic carbocycles. The fourth-order valence-corrected chi connectivity index (χ4v) is 2.64. The molecular weight excluding hydrogens is 268 g/mol. The second kappa shape index (κ2) is 6.11. The average molecular weight is 290 g/mol. The highest BCUT2D eigenvalue weighted by Crippen LogP contribution is 2.28. The first-order valence-corrected chi connectivity index (χ1v) is 7.11. The third-order valence-corrected chi connectivity index (χ3v) is 3.81. The topological polar surface area (TPSA) is 70.8 Å². The summed E-state index contributed by atoms with van der Waals surface area (Å²) in [5.74, 6) is 0.804. The molecule has 1 aromatic rings. The lowest BCUT2D eigenvalue weighted by Crippen LogP contribution is -2.40. The van der Waals surface area contributed by atoms with Gasteiger partial charge in [0.05, 0.1) is 4.92 Å². The van der Waals surface area contributed by atoms with Crippen LogP contribution >= 0.6 is 0 Å². The third kappa shape index (κ3) is 3.71. The van der Waals surface area contributed by atoms with E-state index in [0.29, 0.717) is 12.1 Å². The molecule has 114 valence electrons. The summed E-state index contributed by atoms with van der Waals surface area (Å²) in [4.78, 5) is 17.2. The van der Waals surface area contributed by atoms with Gasteiger partial charge in [-0.1, -0.05) is 32.0 Å². The molecule has 0 amide bonds. The van der Waals surface area contributed by atoms with Crippen LogP contribution in [0.15, 0.2) is 29.3 Å². The Kier molecular flexibility index (Phi) is 4.45. The molecule has 1 saturated heterocycles. The molecule has 1 N–H and O–H groups in total. The van der Waals surface area contributed by atoms with Crippen molar-refractivity contribution in [2.45, 2.75) is 26.8 Å². The van der Waals surface area contributed by atoms with Crippen LogP contribution in [0.5, 0.6) is 0 Å². The fourth-order valence-electron chi connectivity index (χ4n) is 2.64. The zero-order valence-corrected chi connectivity index (χ0v) is 12.8. The standard InChI is InChI=1S/C15H22N4O2/c1-15(2)8-9-18(11-15)14(16-3)17-10-12-6-4-5-7-13(12)19(20)21/h4-7H,8-11H2,1-3H3,(H,16,17). The Morgan fingerprint density at radius 3 is 2.76 bits per heavy atom. The zero-order valence-electron chi connectivity index (χ0n) is 12.8. The molecule has 0 atom stereocenters. The van der Waals surface area contributed by atoms with Crippen molar-refractivity contribution in [2.75, 3.05) is 20.1 Å². The molecule has 1 fully saturated rings. The summed E-state index contributed by atoms with van der Waals surface area (Å²) >= 11 is 0. The molecular formula is C15H22N4O2. The Morgan fingerprint density at radius 2 is 2.19 bits per heavy atom. The molecule has 0 aliphatic carbocycles. The molecule has 0 saturated carbocycles. The lowest BCUT2D eigenvalue weighted by molar-refractivity contribution is -0.385. The van der Waals surface area contributed by atoms with Gasteiger partial charge in [-0.15, -0.1) is 0 Å². The minimum absolute atomic E-state index is 0.141. The first kappa shape index (κ1) is 15.3. The Balaban J connectivity index is 2.04. The van der Waals surface area contributed by atoms with Gasteiger partial charge < -0.3 is 10.2 Å². The summed E-state index contributed by atoms with van der Waals surface area (Å²) in [5.41, 5.74) is 1.10. The van der Waals surface area contributed by atoms with Crippen molar-refractivity contribution in [1.82, 2.24) is 10.2 Å². The van der Waals surface area contributed by atoms with Crippen molar-refractivity contribution in [3.05, 3.63) is 39.9 Å². The highest BCUT2D eigenvalue weighted by Gasteiger charge is 2.30. The highest BCUT2D eigenvalue weighted by atomic mass is 16.6. The van der Waals surface area contributed by atoms with Gasteiger partial charge in [-0.2, -0.15) is 0 Å². The van der Waals surface area contributed by atoms with Crippen LogP contribution in [0.1, 0.15) is 25.8 Å². The van der Waals surface area contributed by atoms with Crippen molar-refractivity contribution in [1.29, 1.82) is 0 Å². The summed E-state index contributed by atoms with van der Waals surface area (Å²) in [5, 5.41) is 14.2. The zero-order chi connectivity index (χ0) is 15.5. The van der Waals surface area contributed by atoms with Gasteiger partial charge in [0.1, 0.15) is 0 Å². The number of hydrogen-bond donors (Lipinski definition) is 1. The van der Waals surface area contributed by atoms with Gasteiger partial charge in [0, 0.05) is 38.3 Å². The molecule has 0 bridgehead atoms. The first-order chi connectivity index (χ1) is 9.93. The van der Waals surface area contributed by atoms with Gasteiger partial charge in [0.2, 0.25) is 0 Å². The number of aliphatic imine (C=N–C) groups is 1. The molecule has 21 heavy (non-hydrogen) atoms. The normalized spacial score (nSPS) is 17.9. The monoisotopic (exact) mass is 290 g/mol. The van der Waals surface area contributed by atoms with Gasteiger partial charge in [-0.05, 0) is 11.8 Å². The maximum absolute atomic E-state index is 11.0. The molecule has 1 heterocycles. The van der Waals surface area contributed by atoms with E-state index in [-0.39, 0.29) is 16.0 Å². The molecule has 0 unspecified atom stereocenters. The Hall–Kier alpha value is -2.11. The number of nitro groups is 1. The molecule has 0 spiro atoms. The largest absolute Gasteiger partial charge is 0.352 e. The number of nitrogens with one attached hydrogen (secondary N) is 1. The lowest BCUT2D eigenvalue weighted by atomic mass is 9.93. The van der Waals surface area contributed by atoms with Gasteiger partial charge in [-0.25, -0.2) is 0 Å². The van der Waals surface area contributed by atoms with Crippen LogP contribution in [0.25, 0.3) is 0 Å². The Labute approximate surface area is 125 Å². The fraction of sp³-hybridized carbons (Fsp3) is 0.533. The quantitative estimate of drug-likeness (QED) is 0.401. The lowest BCUT2D eigenvalue weighted by Gasteiger charge is -2.23. The van der Waals surface area contributed by atoms with E-state index in [1.807, 2.05) is 6.07 Å². The maximum atomic E-state index is 11.0. The number of likely N-dealkylation sites (tertiary alicyclic amines) is 1. The van der Waals surface area contributed by atoms with E-state index in [2.05, 4.69) is 29.1 Å². The van der Waals surface area contributed by atoms with Crippen LogP contribution in [0.2, 0.25) is 0 Å². The second-order valence-electron chi connectivity index (χ2n) is 6.12. The van der Waals surface area contributed by atoms with Crippen LogP contribution < -0.4 is 5.32 Å². The van der Waals surface area contributed by atoms with Gasteiger partial charge in [0.25, 0.3) is 5.69 Å². The number of hydrogen-bond acceptors (Lipinski definition) is 3. The van der Waals surface area contributed by atoms with Crippen LogP contribution in [0.3, 0.4) is 0 Å². The van der Waals surface area contributed by atoms with Gasteiger partial charge >= 0.3 is 0 Å². The van der Waals surface area contributed by atoms with E-state index in [1.165, 1.54) is 6.07 Å². The number of guanidine groups is 1. The minimum Gasteiger partial charge on any atom is -0.352 e. The molecule has 6 heteroatoms. The predicted molar refractivity (Wildman–Crippen MR) is 83.3 cm³/mol. The SMILES string of the molecule is CN=C(NCc1ccccc1[N+](=O)[O-])N1CCC(C)(C)C1. The summed E-state index contributed by atoms with van der Waals surface area (Å²) < 4.78 is 0. The number of benzene rings is 1. The second-order valence-corrected chi connectivity index (χ2v) is 6.12. The highest BCUT2D eigenvalue weighted by molar-refractivity contribution is 5.80. The predicted octanol–water partition coefficient (Wildman–Crippen LogP) is 2.40. The van der Waals surface area contributed by atoms with Gasteiger partial charge in [-0.3, -0.25) is 15.1 Å². The van der Waals surface area contributed by atoms with Crippen molar-refractivity contribution in [3.8, 4) is 0 Å². The molecule has 1 aliphatic rings. The van der Waals surface area contributed by atoms with Crippen molar-refractivity contribution in [3.63, 3.8) is 0 Å². The number of rotatable bonds is 3. The van der Waals surface area contributed by atoms with E-state index in [9.17, 15) is 10.1 Å². The van der Waals surface area contributed by atoms with Crippen molar-refractivity contribution in [2.24, 2.45) is 10.4 Å². The molecule has 0 radical (unpaired) electrons. The van der Waals surface area contributed by atoms with Crippen LogP contribution in [0.4, 0.5) is 5.69 Å². The number of para-hydroxylation sites is 1. The molecule has 1 aliphatic heterocycles. The van der Waals surface area contributed by atoms with E-state index >= 15 is 0 Å². The number of nitrogens with zero attached hydrogens (tertiary/aromatic N) is 3. The van der Waals surface area contributed by atoms with E-state index in [4.69, 9.17) is 0 Å². The summed E-state index contributed by atoms with van der Waals surface area (Å²) in [6.45, 7) is 6.79. The summed E-state index contributed by atoms with van der Waals surface area (Å²) in [6, 6.07) is 6.79. The van der Waals surface area contributed by atoms with Crippen LogP contribution in [-0.4, -0.2) is 35.9 Å².